The number of nitrogens with one attached hydrogen (secondary N) is 2. The number of rotatable bonds is 6. The Morgan fingerprint density at radius 2 is 2.00 bits per heavy atom. The van der Waals surface area contributed by atoms with Gasteiger partial charge in [-0.1, -0.05) is 17.7 Å². The van der Waals surface area contributed by atoms with Crippen LogP contribution in [0.15, 0.2) is 42.5 Å². The van der Waals surface area contributed by atoms with Crippen molar-refractivity contribution in [1.29, 1.82) is 0 Å². The van der Waals surface area contributed by atoms with Crippen LogP contribution in [0, 0.1) is 18.2 Å². The molecule has 2 aromatic heterocycles. The first kappa shape index (κ1) is 22.7. The highest BCUT2D eigenvalue weighted by Gasteiger charge is 2.43. The molecule has 3 aromatic rings. The van der Waals surface area contributed by atoms with Gasteiger partial charge in [-0.3, -0.25) is 14.7 Å². The molecule has 1 aliphatic heterocycles. The topological polar surface area (TPSA) is 111 Å². The van der Waals surface area contributed by atoms with Crippen molar-refractivity contribution in [3.8, 4) is 0 Å². The van der Waals surface area contributed by atoms with Gasteiger partial charge in [0, 0.05) is 47.6 Å². The summed E-state index contributed by atoms with van der Waals surface area (Å²) in [6.07, 6.45) is 0.639. The minimum Gasteiger partial charge on any atom is -0.481 e. The van der Waals surface area contributed by atoms with E-state index in [0.717, 1.165) is 5.69 Å². The standard InChI is InChI=1S/C23H23ClFN5O3/c1-14-11-19(29-28-14)27-20-18(25)6-5-17(26-20)13-23(22(32)33)7-9-30(10-8-23)21(31)15-3-2-4-16(24)12-15/h2-6,11-12H,7-10,13H2,1H3,(H,32,33)(H2,26,27,28,29). The Kier molecular flexibility index (Phi) is 6.33. The third-order valence-corrected chi connectivity index (χ3v) is 6.14. The highest BCUT2D eigenvalue weighted by molar-refractivity contribution is 6.30. The molecule has 10 heteroatoms. The summed E-state index contributed by atoms with van der Waals surface area (Å²) < 4.78 is 14.3. The van der Waals surface area contributed by atoms with Gasteiger partial charge in [-0.2, -0.15) is 5.10 Å². The minimum atomic E-state index is -1.10. The lowest BCUT2D eigenvalue weighted by Gasteiger charge is -2.38. The molecule has 0 radical (unpaired) electrons. The molecular weight excluding hydrogens is 449 g/mol. The molecule has 3 heterocycles. The van der Waals surface area contributed by atoms with E-state index >= 15 is 0 Å². The van der Waals surface area contributed by atoms with Gasteiger partial charge in [0.05, 0.1) is 5.41 Å². The lowest BCUT2D eigenvalue weighted by Crippen LogP contribution is -2.47. The Labute approximate surface area is 194 Å². The summed E-state index contributed by atoms with van der Waals surface area (Å²) in [5, 5.41) is 20.1. The average Bonchev–Trinajstić information content (AvgIpc) is 3.20. The summed E-state index contributed by atoms with van der Waals surface area (Å²) in [4.78, 5) is 31.0. The first-order valence-corrected chi connectivity index (χ1v) is 10.9. The van der Waals surface area contributed by atoms with Crippen molar-refractivity contribution in [1.82, 2.24) is 20.1 Å². The number of likely N-dealkylation sites (tertiary alicyclic amines) is 1. The van der Waals surface area contributed by atoms with Crippen LogP contribution in [0.4, 0.5) is 16.0 Å². The Morgan fingerprint density at radius 1 is 1.24 bits per heavy atom. The van der Waals surface area contributed by atoms with Gasteiger partial charge in [-0.15, -0.1) is 0 Å². The number of carbonyl (C=O) groups excluding carboxylic acids is 1. The van der Waals surface area contributed by atoms with Crippen LogP contribution in [0.2, 0.25) is 5.02 Å². The van der Waals surface area contributed by atoms with Crippen LogP contribution in [0.1, 0.15) is 34.6 Å². The van der Waals surface area contributed by atoms with Gasteiger partial charge in [0.25, 0.3) is 5.91 Å². The number of carbonyl (C=O) groups is 2. The van der Waals surface area contributed by atoms with Gasteiger partial charge in [-0.25, -0.2) is 9.37 Å². The Hall–Kier alpha value is -3.46. The van der Waals surface area contributed by atoms with Crippen molar-refractivity contribution in [2.75, 3.05) is 18.4 Å². The summed E-state index contributed by atoms with van der Waals surface area (Å²) in [6.45, 7) is 2.39. The average molecular weight is 472 g/mol. The molecule has 1 fully saturated rings. The number of hydrogen-bond acceptors (Lipinski definition) is 5. The van der Waals surface area contributed by atoms with Crippen molar-refractivity contribution < 1.29 is 19.1 Å². The van der Waals surface area contributed by atoms with Gasteiger partial charge in [0.2, 0.25) is 0 Å². The second-order valence-electron chi connectivity index (χ2n) is 8.26. The zero-order valence-corrected chi connectivity index (χ0v) is 18.7. The highest BCUT2D eigenvalue weighted by atomic mass is 35.5. The van der Waals surface area contributed by atoms with Crippen LogP contribution in [0.25, 0.3) is 0 Å². The minimum absolute atomic E-state index is 0.0203. The van der Waals surface area contributed by atoms with E-state index in [1.807, 2.05) is 6.92 Å². The van der Waals surface area contributed by atoms with Crippen molar-refractivity contribution in [2.24, 2.45) is 5.41 Å². The number of anilines is 2. The number of aryl methyl sites for hydroxylation is 1. The fraction of sp³-hybridized carbons (Fsp3) is 0.304. The molecule has 1 aromatic carbocycles. The van der Waals surface area contributed by atoms with Crippen LogP contribution < -0.4 is 5.32 Å². The Morgan fingerprint density at radius 3 is 2.64 bits per heavy atom. The summed E-state index contributed by atoms with van der Waals surface area (Å²) >= 11 is 5.99. The molecule has 1 aliphatic rings. The molecule has 0 unspecified atom stereocenters. The fourth-order valence-electron chi connectivity index (χ4n) is 4.03. The van der Waals surface area contributed by atoms with Crippen LogP contribution >= 0.6 is 11.6 Å². The molecule has 172 valence electrons. The number of pyridine rings is 1. The van der Waals surface area contributed by atoms with Crippen LogP contribution in [0.5, 0.6) is 0 Å². The monoisotopic (exact) mass is 471 g/mol. The van der Waals surface area contributed by atoms with Crippen molar-refractivity contribution in [2.45, 2.75) is 26.2 Å². The van der Waals surface area contributed by atoms with E-state index in [-0.39, 0.29) is 44.1 Å². The van der Waals surface area contributed by atoms with E-state index in [9.17, 15) is 19.1 Å². The summed E-state index contributed by atoms with van der Waals surface area (Å²) in [5.41, 5.74) is 0.617. The molecule has 0 bridgehead atoms. The van der Waals surface area contributed by atoms with Crippen LogP contribution in [0.3, 0.4) is 0 Å². The smallest absolute Gasteiger partial charge is 0.310 e. The molecular formula is C23H23ClFN5O3. The van der Waals surface area contributed by atoms with E-state index in [0.29, 0.717) is 22.1 Å². The SMILES string of the molecule is Cc1cc(Nc2nc(CC3(C(=O)O)CCN(C(=O)c4cccc(Cl)c4)CC3)ccc2F)n[nH]1. The second-order valence-corrected chi connectivity index (χ2v) is 8.70. The molecule has 1 saturated heterocycles. The van der Waals surface area contributed by atoms with Crippen LogP contribution in [-0.2, 0) is 11.2 Å². The number of aliphatic carboxylic acids is 1. The molecule has 3 N–H and O–H groups in total. The lowest BCUT2D eigenvalue weighted by molar-refractivity contribution is -0.151. The number of aromatic nitrogens is 3. The predicted molar refractivity (Wildman–Crippen MR) is 121 cm³/mol. The molecule has 0 atom stereocenters. The fourth-order valence-corrected chi connectivity index (χ4v) is 4.22. The van der Waals surface area contributed by atoms with Crippen molar-refractivity contribution in [3.05, 3.63) is 70.3 Å². The van der Waals surface area contributed by atoms with Gasteiger partial charge >= 0.3 is 5.97 Å². The number of piperidine rings is 1. The number of hydrogen-bond donors (Lipinski definition) is 3. The number of halogens is 2. The summed E-state index contributed by atoms with van der Waals surface area (Å²) in [7, 11) is 0. The molecule has 0 aliphatic carbocycles. The Bertz CT molecular complexity index is 1190. The zero-order chi connectivity index (χ0) is 23.6. The largest absolute Gasteiger partial charge is 0.481 e. The zero-order valence-electron chi connectivity index (χ0n) is 17.9. The normalized spacial score (nSPS) is 15.3. The number of benzene rings is 1. The lowest BCUT2D eigenvalue weighted by atomic mass is 9.74. The first-order valence-electron chi connectivity index (χ1n) is 10.5. The Balaban J connectivity index is 1.49. The number of nitrogens with zero attached hydrogens (tertiary/aromatic N) is 3. The van der Waals surface area contributed by atoms with Gasteiger partial charge in [0.15, 0.2) is 17.5 Å². The van der Waals surface area contributed by atoms with Gasteiger partial charge < -0.3 is 15.3 Å². The maximum atomic E-state index is 14.3. The van der Waals surface area contributed by atoms with Crippen molar-refractivity contribution in [3.63, 3.8) is 0 Å². The maximum absolute atomic E-state index is 14.3. The molecule has 0 saturated carbocycles. The highest BCUT2D eigenvalue weighted by Crippen LogP contribution is 2.36. The van der Waals surface area contributed by atoms with Gasteiger partial charge in [-0.05, 0) is 50.1 Å². The van der Waals surface area contributed by atoms with E-state index in [1.165, 1.54) is 12.1 Å². The number of carboxylic acids is 1. The third kappa shape index (κ3) is 4.98. The number of aromatic amines is 1. The van der Waals surface area contributed by atoms with E-state index in [4.69, 9.17) is 11.6 Å². The van der Waals surface area contributed by atoms with E-state index in [1.54, 1.807) is 35.2 Å². The van der Waals surface area contributed by atoms with Crippen molar-refractivity contribution >= 4 is 35.1 Å². The molecule has 0 spiro atoms. The first-order chi connectivity index (χ1) is 15.8. The molecule has 8 nitrogen and oxygen atoms in total. The van der Waals surface area contributed by atoms with E-state index in [2.05, 4.69) is 20.5 Å². The van der Waals surface area contributed by atoms with E-state index < -0.39 is 17.2 Å². The summed E-state index contributed by atoms with van der Waals surface area (Å²) in [6, 6.07) is 11.1. The third-order valence-electron chi connectivity index (χ3n) is 5.91. The molecule has 1 amide bonds. The predicted octanol–water partition coefficient (Wildman–Crippen LogP) is 4.20. The second kappa shape index (κ2) is 9.19. The molecule has 4 rings (SSSR count). The molecule has 33 heavy (non-hydrogen) atoms. The quantitative estimate of drug-likeness (QED) is 0.497. The number of H-pyrrole nitrogens is 1. The number of carboxylic acid groups (broad SMARTS) is 1. The summed E-state index contributed by atoms with van der Waals surface area (Å²) in [5.74, 6) is -1.31. The van der Waals surface area contributed by atoms with Gasteiger partial charge in [0.1, 0.15) is 0 Å². The number of amides is 1. The maximum Gasteiger partial charge on any atom is 0.310 e. The van der Waals surface area contributed by atoms with Crippen LogP contribution in [-0.4, -0.2) is 50.2 Å².